The highest BCUT2D eigenvalue weighted by Crippen LogP contribution is 2.44. The number of aryl methyl sites for hydroxylation is 1. The van der Waals surface area contributed by atoms with Gasteiger partial charge in [0.1, 0.15) is 5.75 Å². The molecule has 0 heterocycles. The predicted molar refractivity (Wildman–Crippen MR) is 75.2 cm³/mol. The Morgan fingerprint density at radius 1 is 1.47 bits per heavy atom. The highest BCUT2D eigenvalue weighted by molar-refractivity contribution is 5.85. The van der Waals surface area contributed by atoms with Crippen LogP contribution in [0.5, 0.6) is 5.75 Å². The van der Waals surface area contributed by atoms with Gasteiger partial charge in [0.25, 0.3) is 0 Å². The molecule has 19 heavy (non-hydrogen) atoms. The first-order valence-electron chi connectivity index (χ1n) is 6.73. The second-order valence-corrected chi connectivity index (χ2v) is 5.31. The lowest BCUT2D eigenvalue weighted by molar-refractivity contribution is -0.125. The van der Waals surface area contributed by atoms with Gasteiger partial charge in [0, 0.05) is 13.1 Å². The molecule has 1 aliphatic carbocycles. The maximum absolute atomic E-state index is 11.9. The maximum atomic E-state index is 11.9. The molecule has 3 N–H and O–H groups in total. The van der Waals surface area contributed by atoms with Crippen LogP contribution in [0.1, 0.15) is 24.0 Å². The molecule has 0 spiro atoms. The molecule has 0 aromatic heterocycles. The third-order valence-electron chi connectivity index (χ3n) is 3.84. The highest BCUT2D eigenvalue weighted by Gasteiger charge is 2.48. The molecule has 1 amide bonds. The van der Waals surface area contributed by atoms with E-state index in [0.717, 1.165) is 30.6 Å². The van der Waals surface area contributed by atoms with Crippen LogP contribution in [-0.4, -0.2) is 26.1 Å². The Balaban J connectivity index is 1.89. The lowest BCUT2D eigenvalue weighted by atomic mass is 10.1. The van der Waals surface area contributed by atoms with Gasteiger partial charge in [-0.05, 0) is 37.8 Å². The summed E-state index contributed by atoms with van der Waals surface area (Å²) in [6.07, 6.45) is 2.61. The fourth-order valence-electron chi connectivity index (χ4n) is 2.28. The molecule has 4 heteroatoms. The molecule has 0 radical (unpaired) electrons. The second-order valence-electron chi connectivity index (χ2n) is 5.31. The van der Waals surface area contributed by atoms with Crippen LogP contribution in [0.4, 0.5) is 0 Å². The number of nitrogens with one attached hydrogen (secondary N) is 1. The van der Waals surface area contributed by atoms with Gasteiger partial charge in [-0.25, -0.2) is 0 Å². The first-order chi connectivity index (χ1) is 9.11. The summed E-state index contributed by atoms with van der Waals surface area (Å²) in [5.74, 6) is 0.974. The number of hydrogen-bond donors (Lipinski definition) is 2. The van der Waals surface area contributed by atoms with Crippen LogP contribution in [0.25, 0.3) is 0 Å². The lowest BCUT2D eigenvalue weighted by Crippen LogP contribution is -2.37. The van der Waals surface area contributed by atoms with E-state index >= 15 is 0 Å². The molecule has 4 nitrogen and oxygen atoms in total. The Morgan fingerprint density at radius 3 is 2.79 bits per heavy atom. The number of hydrogen-bond acceptors (Lipinski definition) is 3. The fraction of sp³-hybridized carbons (Fsp3) is 0.533. The number of carbonyl (C=O) groups is 1. The smallest absolute Gasteiger partial charge is 0.227 e. The minimum Gasteiger partial charge on any atom is -0.496 e. The maximum Gasteiger partial charge on any atom is 0.227 e. The predicted octanol–water partition coefficient (Wildman–Crippen LogP) is 1.40. The van der Waals surface area contributed by atoms with Crippen molar-refractivity contribution in [1.29, 1.82) is 0 Å². The van der Waals surface area contributed by atoms with Crippen LogP contribution in [0.2, 0.25) is 0 Å². The number of benzene rings is 1. The number of amides is 1. The molecule has 1 fully saturated rings. The number of carbonyl (C=O) groups excluding carboxylic acids is 1. The van der Waals surface area contributed by atoms with E-state index in [1.807, 2.05) is 12.1 Å². The number of ether oxygens (including phenoxy) is 1. The van der Waals surface area contributed by atoms with E-state index in [1.54, 1.807) is 7.11 Å². The molecular weight excluding hydrogens is 240 g/mol. The largest absolute Gasteiger partial charge is 0.496 e. The van der Waals surface area contributed by atoms with E-state index in [1.165, 1.54) is 5.56 Å². The van der Waals surface area contributed by atoms with E-state index in [0.29, 0.717) is 13.1 Å². The van der Waals surface area contributed by atoms with Crippen molar-refractivity contribution in [1.82, 2.24) is 5.32 Å². The van der Waals surface area contributed by atoms with Gasteiger partial charge in [0.2, 0.25) is 5.91 Å². The average Bonchev–Trinajstić information content (AvgIpc) is 3.20. The van der Waals surface area contributed by atoms with Gasteiger partial charge in [0.15, 0.2) is 0 Å². The van der Waals surface area contributed by atoms with Crippen LogP contribution in [-0.2, 0) is 11.2 Å². The fourth-order valence-corrected chi connectivity index (χ4v) is 2.28. The van der Waals surface area contributed by atoms with Crippen molar-refractivity contribution >= 4 is 5.91 Å². The molecule has 0 aliphatic heterocycles. The number of nitrogens with two attached hydrogens (primary N) is 1. The summed E-state index contributed by atoms with van der Waals surface area (Å²) in [6, 6.07) is 6.09. The van der Waals surface area contributed by atoms with Gasteiger partial charge < -0.3 is 15.8 Å². The Labute approximate surface area is 114 Å². The molecule has 2 rings (SSSR count). The molecule has 104 valence electrons. The normalized spacial score (nSPS) is 15.9. The highest BCUT2D eigenvalue weighted by atomic mass is 16.5. The van der Waals surface area contributed by atoms with Crippen LogP contribution in [0, 0.1) is 12.3 Å². The van der Waals surface area contributed by atoms with Crippen molar-refractivity contribution in [3.8, 4) is 5.75 Å². The van der Waals surface area contributed by atoms with Gasteiger partial charge in [-0.15, -0.1) is 0 Å². The zero-order valence-corrected chi connectivity index (χ0v) is 11.7. The summed E-state index contributed by atoms with van der Waals surface area (Å²) < 4.78 is 5.33. The van der Waals surface area contributed by atoms with Gasteiger partial charge in [-0.3, -0.25) is 4.79 Å². The zero-order chi connectivity index (χ0) is 13.9. The van der Waals surface area contributed by atoms with Crippen molar-refractivity contribution in [2.75, 3.05) is 20.2 Å². The molecule has 0 bridgehead atoms. The van der Waals surface area contributed by atoms with Gasteiger partial charge in [-0.1, -0.05) is 17.7 Å². The van der Waals surface area contributed by atoms with Crippen molar-refractivity contribution in [3.63, 3.8) is 0 Å². The first kappa shape index (κ1) is 13.9. The van der Waals surface area contributed by atoms with E-state index in [2.05, 4.69) is 18.3 Å². The van der Waals surface area contributed by atoms with Crippen molar-refractivity contribution < 1.29 is 9.53 Å². The summed E-state index contributed by atoms with van der Waals surface area (Å²) in [4.78, 5) is 11.9. The molecule has 1 saturated carbocycles. The zero-order valence-electron chi connectivity index (χ0n) is 11.7. The van der Waals surface area contributed by atoms with Gasteiger partial charge >= 0.3 is 0 Å². The quantitative estimate of drug-likeness (QED) is 0.814. The van der Waals surface area contributed by atoms with Crippen molar-refractivity contribution in [3.05, 3.63) is 29.3 Å². The Hall–Kier alpha value is -1.55. The lowest BCUT2D eigenvalue weighted by Gasteiger charge is -2.14. The molecule has 1 aliphatic rings. The first-order valence-corrected chi connectivity index (χ1v) is 6.73. The monoisotopic (exact) mass is 262 g/mol. The third kappa shape index (κ3) is 3.07. The minimum atomic E-state index is -0.267. The van der Waals surface area contributed by atoms with Crippen molar-refractivity contribution in [2.45, 2.75) is 26.2 Å². The van der Waals surface area contributed by atoms with Crippen LogP contribution >= 0.6 is 0 Å². The van der Waals surface area contributed by atoms with Gasteiger partial charge in [0.05, 0.1) is 12.5 Å². The molecule has 0 atom stereocenters. The Morgan fingerprint density at radius 2 is 2.21 bits per heavy atom. The summed E-state index contributed by atoms with van der Waals surface area (Å²) in [6.45, 7) is 3.13. The second kappa shape index (κ2) is 5.61. The van der Waals surface area contributed by atoms with Crippen LogP contribution in [0.15, 0.2) is 18.2 Å². The van der Waals surface area contributed by atoms with Crippen molar-refractivity contribution in [2.24, 2.45) is 11.1 Å². The number of rotatable bonds is 6. The number of methoxy groups -OCH3 is 1. The summed E-state index contributed by atoms with van der Waals surface area (Å²) in [5.41, 5.74) is 7.69. The summed E-state index contributed by atoms with van der Waals surface area (Å²) in [5, 5.41) is 2.98. The van der Waals surface area contributed by atoms with E-state index in [-0.39, 0.29) is 11.3 Å². The van der Waals surface area contributed by atoms with Gasteiger partial charge in [-0.2, -0.15) is 0 Å². The standard InChI is InChI=1S/C15H22N2O2/c1-11-3-4-13(19-2)12(9-11)5-8-17-14(18)15(10-16)6-7-15/h3-4,9H,5-8,10,16H2,1-2H3,(H,17,18). The van der Waals surface area contributed by atoms with E-state index < -0.39 is 0 Å². The summed E-state index contributed by atoms with van der Waals surface area (Å²) >= 11 is 0. The van der Waals surface area contributed by atoms with Crippen LogP contribution in [0.3, 0.4) is 0 Å². The molecular formula is C15H22N2O2. The molecule has 1 aromatic rings. The minimum absolute atomic E-state index is 0.0987. The van der Waals surface area contributed by atoms with E-state index in [4.69, 9.17) is 10.5 Å². The Kier molecular flexibility index (Phi) is 4.10. The molecule has 0 saturated heterocycles. The Bertz CT molecular complexity index is 467. The average molecular weight is 262 g/mol. The van der Waals surface area contributed by atoms with Crippen LogP contribution < -0.4 is 15.8 Å². The van der Waals surface area contributed by atoms with E-state index in [9.17, 15) is 4.79 Å². The SMILES string of the molecule is COc1ccc(C)cc1CCNC(=O)C1(CN)CC1. The molecule has 0 unspecified atom stereocenters. The third-order valence-corrected chi connectivity index (χ3v) is 3.84. The topological polar surface area (TPSA) is 64.3 Å². The summed E-state index contributed by atoms with van der Waals surface area (Å²) in [7, 11) is 1.67. The molecule has 1 aromatic carbocycles.